The molecule has 6 heteroatoms. The lowest BCUT2D eigenvalue weighted by Gasteiger charge is -2.11. The molecule has 2 rings (SSSR count). The van der Waals surface area contributed by atoms with Crippen molar-refractivity contribution >= 4 is 33.3 Å². The first-order chi connectivity index (χ1) is 9.11. The molecule has 2 aromatic rings. The van der Waals surface area contributed by atoms with Gasteiger partial charge in [0.05, 0.1) is 0 Å². The summed E-state index contributed by atoms with van der Waals surface area (Å²) in [5, 5.41) is 6.26. The van der Waals surface area contributed by atoms with Gasteiger partial charge in [0.25, 0.3) is 0 Å². The fourth-order valence-corrected chi connectivity index (χ4v) is 2.05. The number of benzene rings is 1. The highest BCUT2D eigenvalue weighted by Crippen LogP contribution is 2.29. The van der Waals surface area contributed by atoms with Crippen LogP contribution in [0, 0.1) is 12.7 Å². The average molecular weight is 325 g/mol. The van der Waals surface area contributed by atoms with Crippen molar-refractivity contribution in [2.24, 2.45) is 0 Å². The van der Waals surface area contributed by atoms with Crippen LogP contribution in [0.25, 0.3) is 0 Å². The number of aromatic nitrogens is 2. The Hall–Kier alpha value is -1.69. The molecule has 0 aliphatic rings. The highest BCUT2D eigenvalue weighted by molar-refractivity contribution is 9.10. The molecule has 0 bridgehead atoms. The summed E-state index contributed by atoms with van der Waals surface area (Å²) in [6, 6.07) is 4.83. The van der Waals surface area contributed by atoms with Gasteiger partial charge in [0.2, 0.25) is 0 Å². The van der Waals surface area contributed by atoms with Crippen molar-refractivity contribution in [3.05, 3.63) is 40.4 Å². The van der Waals surface area contributed by atoms with Gasteiger partial charge in [0.1, 0.15) is 28.3 Å². The van der Waals surface area contributed by atoms with Crippen LogP contribution in [0.2, 0.25) is 0 Å². The Morgan fingerprint density at radius 3 is 2.68 bits per heavy atom. The van der Waals surface area contributed by atoms with Gasteiger partial charge in [0.15, 0.2) is 0 Å². The van der Waals surface area contributed by atoms with E-state index in [2.05, 4.69) is 36.5 Å². The van der Waals surface area contributed by atoms with Crippen LogP contribution in [-0.4, -0.2) is 16.5 Å². The molecule has 1 heterocycles. The molecule has 1 aromatic heterocycles. The SMILES string of the molecule is CCNc1ncnc(Nc2ccc(F)c(C)c2)c1Br. The number of anilines is 3. The molecule has 0 unspecified atom stereocenters. The zero-order valence-electron chi connectivity index (χ0n) is 10.7. The molecule has 0 atom stereocenters. The van der Waals surface area contributed by atoms with E-state index in [0.717, 1.165) is 22.5 Å². The minimum Gasteiger partial charge on any atom is -0.369 e. The third kappa shape index (κ3) is 3.20. The van der Waals surface area contributed by atoms with E-state index in [-0.39, 0.29) is 5.82 Å². The van der Waals surface area contributed by atoms with Crippen LogP contribution >= 0.6 is 15.9 Å². The van der Waals surface area contributed by atoms with Crippen molar-refractivity contribution in [2.75, 3.05) is 17.2 Å². The van der Waals surface area contributed by atoms with Crippen LogP contribution in [0.15, 0.2) is 29.0 Å². The molecular weight excluding hydrogens is 311 g/mol. The summed E-state index contributed by atoms with van der Waals surface area (Å²) >= 11 is 3.45. The first-order valence-corrected chi connectivity index (χ1v) is 6.68. The molecule has 100 valence electrons. The third-order valence-electron chi connectivity index (χ3n) is 2.55. The van der Waals surface area contributed by atoms with Gasteiger partial charge in [0, 0.05) is 12.2 Å². The van der Waals surface area contributed by atoms with Gasteiger partial charge >= 0.3 is 0 Å². The van der Waals surface area contributed by atoms with Crippen molar-refractivity contribution in [2.45, 2.75) is 13.8 Å². The monoisotopic (exact) mass is 324 g/mol. The Bertz CT molecular complexity index is 589. The van der Waals surface area contributed by atoms with Gasteiger partial charge in [-0.15, -0.1) is 0 Å². The van der Waals surface area contributed by atoms with E-state index >= 15 is 0 Å². The minimum atomic E-state index is -0.222. The Kier molecular flexibility index (Phi) is 4.31. The first kappa shape index (κ1) is 13.7. The van der Waals surface area contributed by atoms with Gasteiger partial charge in [-0.05, 0) is 53.5 Å². The van der Waals surface area contributed by atoms with Crippen LogP contribution in [0.4, 0.5) is 21.7 Å². The minimum absolute atomic E-state index is 0.222. The molecule has 0 amide bonds. The van der Waals surface area contributed by atoms with Crippen LogP contribution in [-0.2, 0) is 0 Å². The standard InChI is InChI=1S/C13H14BrFN4/c1-3-16-12-11(14)13(18-7-17-12)19-9-4-5-10(15)8(2)6-9/h4-7H,3H2,1-2H3,(H2,16,17,18,19). The lowest BCUT2D eigenvalue weighted by Crippen LogP contribution is -2.03. The van der Waals surface area contributed by atoms with E-state index in [4.69, 9.17) is 0 Å². The van der Waals surface area contributed by atoms with Crippen molar-refractivity contribution in [1.29, 1.82) is 0 Å². The molecule has 0 aliphatic heterocycles. The van der Waals surface area contributed by atoms with E-state index in [9.17, 15) is 4.39 Å². The summed E-state index contributed by atoms with van der Waals surface area (Å²) in [4.78, 5) is 8.30. The number of rotatable bonds is 4. The second kappa shape index (κ2) is 5.97. The maximum Gasteiger partial charge on any atom is 0.150 e. The molecule has 2 N–H and O–H groups in total. The van der Waals surface area contributed by atoms with Crippen LogP contribution in [0.1, 0.15) is 12.5 Å². The number of hydrogen-bond donors (Lipinski definition) is 2. The molecule has 0 saturated heterocycles. The zero-order valence-corrected chi connectivity index (χ0v) is 12.3. The van der Waals surface area contributed by atoms with Crippen molar-refractivity contribution in [3.63, 3.8) is 0 Å². The predicted molar refractivity (Wildman–Crippen MR) is 78.3 cm³/mol. The summed E-state index contributed by atoms with van der Waals surface area (Å²) in [7, 11) is 0. The summed E-state index contributed by atoms with van der Waals surface area (Å²) in [5.74, 6) is 1.14. The van der Waals surface area contributed by atoms with Crippen molar-refractivity contribution < 1.29 is 4.39 Å². The number of hydrogen-bond acceptors (Lipinski definition) is 4. The summed E-state index contributed by atoms with van der Waals surface area (Å²) in [6.07, 6.45) is 1.47. The van der Waals surface area contributed by atoms with E-state index < -0.39 is 0 Å². The lowest BCUT2D eigenvalue weighted by molar-refractivity contribution is 0.619. The van der Waals surface area contributed by atoms with Crippen LogP contribution in [0.5, 0.6) is 0 Å². The Balaban J connectivity index is 2.27. The Morgan fingerprint density at radius 2 is 2.00 bits per heavy atom. The van der Waals surface area contributed by atoms with E-state index in [1.807, 2.05) is 6.92 Å². The Morgan fingerprint density at radius 1 is 1.26 bits per heavy atom. The highest BCUT2D eigenvalue weighted by atomic mass is 79.9. The topological polar surface area (TPSA) is 49.8 Å². The van der Waals surface area contributed by atoms with Gasteiger partial charge in [-0.1, -0.05) is 0 Å². The number of halogens is 2. The molecule has 0 saturated carbocycles. The predicted octanol–water partition coefficient (Wildman–Crippen LogP) is 3.86. The van der Waals surface area contributed by atoms with E-state index in [1.54, 1.807) is 19.1 Å². The number of nitrogens with zero attached hydrogens (tertiary/aromatic N) is 2. The number of nitrogens with one attached hydrogen (secondary N) is 2. The highest BCUT2D eigenvalue weighted by Gasteiger charge is 2.08. The molecule has 19 heavy (non-hydrogen) atoms. The fraction of sp³-hybridized carbons (Fsp3) is 0.231. The van der Waals surface area contributed by atoms with Gasteiger partial charge < -0.3 is 10.6 Å². The molecular formula is C13H14BrFN4. The largest absolute Gasteiger partial charge is 0.369 e. The fourth-order valence-electron chi connectivity index (χ4n) is 1.61. The Labute approximate surface area is 119 Å². The van der Waals surface area contributed by atoms with Crippen LogP contribution < -0.4 is 10.6 Å². The summed E-state index contributed by atoms with van der Waals surface area (Å²) in [5.41, 5.74) is 1.36. The molecule has 0 aliphatic carbocycles. The molecule has 4 nitrogen and oxygen atoms in total. The summed E-state index contributed by atoms with van der Waals surface area (Å²) < 4.78 is 14.0. The van der Waals surface area contributed by atoms with Crippen LogP contribution in [0.3, 0.4) is 0 Å². The molecule has 0 spiro atoms. The second-order valence-electron chi connectivity index (χ2n) is 4.00. The first-order valence-electron chi connectivity index (χ1n) is 5.89. The van der Waals surface area contributed by atoms with Crippen molar-refractivity contribution in [3.8, 4) is 0 Å². The van der Waals surface area contributed by atoms with Gasteiger partial charge in [-0.25, -0.2) is 14.4 Å². The lowest BCUT2D eigenvalue weighted by atomic mass is 10.2. The molecule has 1 aromatic carbocycles. The summed E-state index contributed by atoms with van der Waals surface area (Å²) in [6.45, 7) is 4.48. The zero-order chi connectivity index (χ0) is 13.8. The van der Waals surface area contributed by atoms with Crippen molar-refractivity contribution in [1.82, 2.24) is 9.97 Å². The quantitative estimate of drug-likeness (QED) is 0.896. The van der Waals surface area contributed by atoms with Gasteiger partial charge in [-0.2, -0.15) is 0 Å². The molecule has 0 fully saturated rings. The third-order valence-corrected chi connectivity index (χ3v) is 3.31. The van der Waals surface area contributed by atoms with E-state index in [0.29, 0.717) is 11.4 Å². The van der Waals surface area contributed by atoms with E-state index in [1.165, 1.54) is 12.4 Å². The average Bonchev–Trinajstić information content (AvgIpc) is 2.39. The maximum atomic E-state index is 13.2. The second-order valence-corrected chi connectivity index (χ2v) is 4.80. The maximum absolute atomic E-state index is 13.2. The normalized spacial score (nSPS) is 10.3. The smallest absolute Gasteiger partial charge is 0.150 e. The van der Waals surface area contributed by atoms with Gasteiger partial charge in [-0.3, -0.25) is 0 Å². The molecule has 0 radical (unpaired) electrons. The number of aryl methyl sites for hydroxylation is 1.